The van der Waals surface area contributed by atoms with Crippen molar-refractivity contribution >= 4 is 17.3 Å². The van der Waals surface area contributed by atoms with E-state index in [9.17, 15) is 0 Å². The predicted molar refractivity (Wildman–Crippen MR) is 69.1 cm³/mol. The van der Waals surface area contributed by atoms with Gasteiger partial charge in [0.15, 0.2) is 0 Å². The molecule has 4 heteroatoms. The lowest BCUT2D eigenvalue weighted by Crippen LogP contribution is -1.98. The Morgan fingerprint density at radius 2 is 1.29 bits per heavy atom. The average molecular weight is 247 g/mol. The van der Waals surface area contributed by atoms with Gasteiger partial charge in [0.25, 0.3) is 0 Å². The van der Waals surface area contributed by atoms with Crippen molar-refractivity contribution in [1.29, 1.82) is 0 Å². The molecular formula is C13H13NO2S. The molecule has 0 radical (unpaired) electrons. The third-order valence-electron chi connectivity index (χ3n) is 2.11. The molecule has 0 amide bonds. The van der Waals surface area contributed by atoms with E-state index in [1.807, 2.05) is 24.3 Å². The second-order valence-corrected chi connectivity index (χ2v) is 3.41. The summed E-state index contributed by atoms with van der Waals surface area (Å²) in [5.74, 6) is 0. The normalized spacial score (nSPS) is 8.71. The highest BCUT2D eigenvalue weighted by atomic mass is 32.1. The van der Waals surface area contributed by atoms with E-state index in [2.05, 4.69) is 41.7 Å². The minimum Gasteiger partial charge on any atom is -0.381 e. The first-order valence-electron chi connectivity index (χ1n) is 5.11. The van der Waals surface area contributed by atoms with Gasteiger partial charge in [0.05, 0.1) is 0 Å². The summed E-state index contributed by atoms with van der Waals surface area (Å²) in [5.41, 5.74) is 2.47. The third-order valence-corrected chi connectivity index (χ3v) is 2.11. The fourth-order valence-corrected chi connectivity index (χ4v) is 1.36. The summed E-state index contributed by atoms with van der Waals surface area (Å²) in [5, 5.41) is 3.36. The first-order chi connectivity index (χ1) is 8.36. The Hall–Kier alpha value is -1.94. The van der Waals surface area contributed by atoms with Gasteiger partial charge in [-0.2, -0.15) is 8.42 Å². The molecule has 0 aromatic heterocycles. The van der Waals surface area contributed by atoms with Gasteiger partial charge in [-0.15, -0.1) is 0 Å². The number of hydrogen-bond acceptors (Lipinski definition) is 3. The van der Waals surface area contributed by atoms with Crippen LogP contribution in [0.3, 0.4) is 0 Å². The number of nitrogens with one attached hydrogen (secondary N) is 1. The minimum atomic E-state index is -0.750. The molecule has 1 N–H and O–H groups in total. The van der Waals surface area contributed by atoms with E-state index in [1.54, 1.807) is 0 Å². The first-order valence-corrected chi connectivity index (χ1v) is 5.78. The minimum absolute atomic E-state index is 0.750. The van der Waals surface area contributed by atoms with Crippen molar-refractivity contribution < 1.29 is 8.42 Å². The molecule has 0 aliphatic rings. The van der Waals surface area contributed by atoms with Crippen LogP contribution in [-0.4, -0.2) is 8.42 Å². The molecular weight excluding hydrogens is 234 g/mol. The molecule has 0 atom stereocenters. The van der Waals surface area contributed by atoms with Crippen LogP contribution in [0.15, 0.2) is 60.7 Å². The summed E-state index contributed by atoms with van der Waals surface area (Å²) in [6.45, 7) is 0.880. The maximum atomic E-state index is 8.29. The number of benzene rings is 2. The highest BCUT2D eigenvalue weighted by molar-refractivity contribution is 7.51. The van der Waals surface area contributed by atoms with Crippen molar-refractivity contribution in [2.75, 3.05) is 5.32 Å². The SMILES string of the molecule is O=S=O.c1ccc(CNc2ccccc2)cc1. The van der Waals surface area contributed by atoms with Gasteiger partial charge < -0.3 is 5.32 Å². The molecule has 2 rings (SSSR count). The highest BCUT2D eigenvalue weighted by Gasteiger charge is 1.90. The molecule has 3 nitrogen and oxygen atoms in total. The van der Waals surface area contributed by atoms with E-state index in [4.69, 9.17) is 8.42 Å². The number of anilines is 1. The smallest absolute Gasteiger partial charge is 0.335 e. The Balaban J connectivity index is 0.000000437. The average Bonchev–Trinajstić information content (AvgIpc) is 2.40. The molecule has 0 saturated carbocycles. The van der Waals surface area contributed by atoms with Crippen LogP contribution in [0.4, 0.5) is 5.69 Å². The zero-order valence-electron chi connectivity index (χ0n) is 9.21. The zero-order chi connectivity index (χ0) is 12.3. The van der Waals surface area contributed by atoms with Crippen molar-refractivity contribution in [2.45, 2.75) is 6.54 Å². The van der Waals surface area contributed by atoms with Crippen molar-refractivity contribution in [1.82, 2.24) is 0 Å². The third kappa shape index (κ3) is 5.63. The maximum Gasteiger partial charge on any atom is 0.335 e. The molecule has 2 aromatic carbocycles. The molecule has 0 heterocycles. The van der Waals surface area contributed by atoms with Gasteiger partial charge in [0, 0.05) is 12.2 Å². The van der Waals surface area contributed by atoms with Crippen molar-refractivity contribution in [3.8, 4) is 0 Å². The van der Waals surface area contributed by atoms with Gasteiger partial charge in [0.1, 0.15) is 0 Å². The second-order valence-electron chi connectivity index (χ2n) is 3.27. The fourth-order valence-electron chi connectivity index (χ4n) is 1.36. The van der Waals surface area contributed by atoms with Gasteiger partial charge in [-0.3, -0.25) is 0 Å². The van der Waals surface area contributed by atoms with E-state index < -0.39 is 11.6 Å². The van der Waals surface area contributed by atoms with Crippen molar-refractivity contribution in [3.63, 3.8) is 0 Å². The monoisotopic (exact) mass is 247 g/mol. The quantitative estimate of drug-likeness (QED) is 0.907. The van der Waals surface area contributed by atoms with Gasteiger partial charge in [0.2, 0.25) is 0 Å². The number of para-hydroxylation sites is 1. The van der Waals surface area contributed by atoms with E-state index in [0.717, 1.165) is 12.2 Å². The molecule has 0 spiro atoms. The summed E-state index contributed by atoms with van der Waals surface area (Å²) in [6, 6.07) is 20.6. The van der Waals surface area contributed by atoms with Gasteiger partial charge in [-0.25, -0.2) is 0 Å². The van der Waals surface area contributed by atoms with Gasteiger partial charge in [-0.1, -0.05) is 48.5 Å². The van der Waals surface area contributed by atoms with Crippen LogP contribution in [-0.2, 0) is 18.1 Å². The van der Waals surface area contributed by atoms with Gasteiger partial charge in [-0.05, 0) is 17.7 Å². The van der Waals surface area contributed by atoms with Crippen molar-refractivity contribution in [3.05, 3.63) is 66.2 Å². The summed E-state index contributed by atoms with van der Waals surface area (Å²) in [6.07, 6.45) is 0. The molecule has 0 saturated heterocycles. The first kappa shape index (κ1) is 13.1. The maximum absolute atomic E-state index is 8.29. The summed E-state index contributed by atoms with van der Waals surface area (Å²) >= 11 is -0.750. The summed E-state index contributed by atoms with van der Waals surface area (Å²) < 4.78 is 16.6. The van der Waals surface area contributed by atoms with Crippen LogP contribution < -0.4 is 5.32 Å². The summed E-state index contributed by atoms with van der Waals surface area (Å²) in [4.78, 5) is 0. The van der Waals surface area contributed by atoms with E-state index in [-0.39, 0.29) is 0 Å². The molecule has 0 aliphatic carbocycles. The standard InChI is InChI=1S/C13H13N.O2S/c1-3-7-12(8-4-1)11-14-13-9-5-2-6-10-13;1-3-2/h1-10,14H,11H2;. The molecule has 17 heavy (non-hydrogen) atoms. The van der Waals surface area contributed by atoms with Crippen LogP contribution in [0, 0.1) is 0 Å². The molecule has 0 bridgehead atoms. The Bertz CT molecular complexity index is 414. The predicted octanol–water partition coefficient (Wildman–Crippen LogP) is 2.63. The highest BCUT2D eigenvalue weighted by Crippen LogP contribution is 2.07. The molecule has 2 aromatic rings. The number of rotatable bonds is 3. The summed E-state index contributed by atoms with van der Waals surface area (Å²) in [7, 11) is 0. The Morgan fingerprint density at radius 3 is 1.82 bits per heavy atom. The van der Waals surface area contributed by atoms with Gasteiger partial charge >= 0.3 is 11.6 Å². The molecule has 0 fully saturated rings. The van der Waals surface area contributed by atoms with E-state index >= 15 is 0 Å². The van der Waals surface area contributed by atoms with E-state index in [0.29, 0.717) is 0 Å². The zero-order valence-corrected chi connectivity index (χ0v) is 10.0. The van der Waals surface area contributed by atoms with E-state index in [1.165, 1.54) is 5.56 Å². The van der Waals surface area contributed by atoms with Crippen LogP contribution in [0.2, 0.25) is 0 Å². The topological polar surface area (TPSA) is 46.2 Å². The van der Waals surface area contributed by atoms with Crippen LogP contribution in [0.5, 0.6) is 0 Å². The molecule has 0 unspecified atom stereocenters. The number of hydrogen-bond donors (Lipinski definition) is 1. The Labute approximate surface area is 104 Å². The lowest BCUT2D eigenvalue weighted by molar-refractivity contribution is 0.630. The van der Waals surface area contributed by atoms with Crippen LogP contribution in [0.1, 0.15) is 5.56 Å². The molecule has 88 valence electrons. The van der Waals surface area contributed by atoms with Crippen LogP contribution in [0.25, 0.3) is 0 Å². The largest absolute Gasteiger partial charge is 0.381 e. The molecule has 0 aliphatic heterocycles. The fraction of sp³-hybridized carbons (Fsp3) is 0.0769. The van der Waals surface area contributed by atoms with Crippen molar-refractivity contribution in [2.24, 2.45) is 0 Å². The second kappa shape index (κ2) is 8.24. The lowest BCUT2D eigenvalue weighted by atomic mass is 10.2. The lowest BCUT2D eigenvalue weighted by Gasteiger charge is -2.05. The Morgan fingerprint density at radius 1 is 0.824 bits per heavy atom. The van der Waals surface area contributed by atoms with Crippen LogP contribution >= 0.6 is 0 Å². The Kier molecular flexibility index (Phi) is 6.36.